The standard InChI is InChI=1S/C21H22Cl2N2O2/c22-16-5-7-17(8-6-16)27-14-21(26)25(19-4-2-1-3-18(19)23)20-13-24-11-9-15(20)10-12-24/h1-8,15,20H,9-14H2/t20-/m1/s1. The molecule has 0 spiro atoms. The largest absolute Gasteiger partial charge is 0.484 e. The van der Waals surface area contributed by atoms with Gasteiger partial charge in [-0.3, -0.25) is 4.79 Å². The Kier molecular flexibility index (Phi) is 5.58. The quantitative estimate of drug-likeness (QED) is 0.735. The van der Waals surface area contributed by atoms with Gasteiger partial charge < -0.3 is 14.5 Å². The molecule has 3 heterocycles. The molecule has 0 aliphatic carbocycles. The van der Waals surface area contributed by atoms with Gasteiger partial charge in [0.2, 0.25) is 0 Å². The third kappa shape index (κ3) is 4.08. The zero-order valence-electron chi connectivity index (χ0n) is 15.0. The molecule has 1 amide bonds. The van der Waals surface area contributed by atoms with Crippen LogP contribution in [0.15, 0.2) is 48.5 Å². The summed E-state index contributed by atoms with van der Waals surface area (Å²) < 4.78 is 5.73. The van der Waals surface area contributed by atoms with Gasteiger partial charge in [-0.2, -0.15) is 0 Å². The minimum Gasteiger partial charge on any atom is -0.484 e. The molecular weight excluding hydrogens is 383 g/mol. The van der Waals surface area contributed by atoms with Gasteiger partial charge in [0, 0.05) is 11.6 Å². The average molecular weight is 405 g/mol. The summed E-state index contributed by atoms with van der Waals surface area (Å²) in [7, 11) is 0. The number of rotatable bonds is 5. The van der Waals surface area contributed by atoms with Crippen LogP contribution < -0.4 is 9.64 Å². The maximum atomic E-state index is 13.2. The van der Waals surface area contributed by atoms with Crippen LogP contribution in [-0.2, 0) is 4.79 Å². The van der Waals surface area contributed by atoms with Crippen molar-refractivity contribution in [1.29, 1.82) is 0 Å². The Morgan fingerprint density at radius 3 is 2.41 bits per heavy atom. The second-order valence-corrected chi connectivity index (χ2v) is 8.01. The normalized spacial score (nSPS) is 23.9. The van der Waals surface area contributed by atoms with E-state index in [9.17, 15) is 4.79 Å². The molecule has 3 aliphatic heterocycles. The fourth-order valence-corrected chi connectivity index (χ4v) is 4.47. The molecule has 2 bridgehead atoms. The van der Waals surface area contributed by atoms with Crippen LogP contribution in [0.3, 0.4) is 0 Å². The first kappa shape index (κ1) is 18.6. The number of carbonyl (C=O) groups excluding carboxylic acids is 1. The Morgan fingerprint density at radius 1 is 1.07 bits per heavy atom. The van der Waals surface area contributed by atoms with E-state index in [1.54, 1.807) is 24.3 Å². The molecule has 0 N–H and O–H groups in total. The van der Waals surface area contributed by atoms with Crippen LogP contribution in [0.25, 0.3) is 0 Å². The third-order valence-corrected chi connectivity index (χ3v) is 6.08. The molecule has 5 rings (SSSR count). The number of carbonyl (C=O) groups is 1. The highest BCUT2D eigenvalue weighted by Crippen LogP contribution is 2.36. The molecule has 0 aromatic heterocycles. The van der Waals surface area contributed by atoms with Crippen molar-refractivity contribution >= 4 is 34.8 Å². The van der Waals surface area contributed by atoms with Crippen LogP contribution in [0, 0.1) is 5.92 Å². The number of hydrogen-bond acceptors (Lipinski definition) is 3. The van der Waals surface area contributed by atoms with Gasteiger partial charge in [0.25, 0.3) is 5.91 Å². The summed E-state index contributed by atoms with van der Waals surface area (Å²) in [5.41, 5.74) is 0.766. The highest BCUT2D eigenvalue weighted by Gasteiger charge is 2.40. The van der Waals surface area contributed by atoms with Gasteiger partial charge in [-0.15, -0.1) is 0 Å². The number of piperidine rings is 3. The predicted molar refractivity (Wildman–Crippen MR) is 109 cm³/mol. The van der Waals surface area contributed by atoms with Crippen molar-refractivity contribution < 1.29 is 9.53 Å². The van der Waals surface area contributed by atoms with Gasteiger partial charge in [0.15, 0.2) is 6.61 Å². The summed E-state index contributed by atoms with van der Waals surface area (Å²) in [5.74, 6) is 1.06. The number of nitrogens with zero attached hydrogens (tertiary/aromatic N) is 2. The number of ether oxygens (including phenoxy) is 1. The lowest BCUT2D eigenvalue weighted by Gasteiger charge is -2.49. The number of hydrogen-bond donors (Lipinski definition) is 0. The molecule has 3 saturated heterocycles. The molecule has 142 valence electrons. The second-order valence-electron chi connectivity index (χ2n) is 7.16. The number of fused-ring (bicyclic) bond motifs is 3. The molecular formula is C21H22Cl2N2O2. The lowest BCUT2D eigenvalue weighted by molar-refractivity contribution is -0.122. The number of anilines is 1. The molecule has 0 radical (unpaired) electrons. The Labute approximate surface area is 169 Å². The minimum absolute atomic E-state index is 0.0317. The van der Waals surface area contributed by atoms with E-state index in [-0.39, 0.29) is 18.6 Å². The third-order valence-electron chi connectivity index (χ3n) is 5.51. The number of para-hydroxylation sites is 1. The van der Waals surface area contributed by atoms with Crippen LogP contribution in [-0.4, -0.2) is 43.1 Å². The summed E-state index contributed by atoms with van der Waals surface area (Å²) in [6.07, 6.45) is 2.24. The molecule has 3 fully saturated rings. The smallest absolute Gasteiger partial charge is 0.265 e. The summed E-state index contributed by atoms with van der Waals surface area (Å²) in [6, 6.07) is 14.7. The van der Waals surface area contributed by atoms with E-state index in [0.717, 1.165) is 38.2 Å². The van der Waals surface area contributed by atoms with Crippen LogP contribution in [0.1, 0.15) is 12.8 Å². The van der Waals surface area contributed by atoms with E-state index in [0.29, 0.717) is 21.7 Å². The van der Waals surface area contributed by atoms with Crippen molar-refractivity contribution in [2.24, 2.45) is 5.92 Å². The van der Waals surface area contributed by atoms with Crippen molar-refractivity contribution in [3.63, 3.8) is 0 Å². The first-order valence-corrected chi connectivity index (χ1v) is 10.0. The monoisotopic (exact) mass is 404 g/mol. The van der Waals surface area contributed by atoms with Crippen molar-refractivity contribution in [3.05, 3.63) is 58.6 Å². The maximum absolute atomic E-state index is 13.2. The van der Waals surface area contributed by atoms with Gasteiger partial charge >= 0.3 is 0 Å². The summed E-state index contributed by atoms with van der Waals surface area (Å²) in [6.45, 7) is 3.10. The van der Waals surface area contributed by atoms with Crippen molar-refractivity contribution in [2.75, 3.05) is 31.1 Å². The average Bonchev–Trinajstić information content (AvgIpc) is 2.70. The second kappa shape index (κ2) is 8.09. The first-order valence-electron chi connectivity index (χ1n) is 9.29. The van der Waals surface area contributed by atoms with Crippen LogP contribution in [0.5, 0.6) is 5.75 Å². The van der Waals surface area contributed by atoms with Gasteiger partial charge in [0.1, 0.15) is 5.75 Å². The molecule has 1 atom stereocenters. The fraction of sp³-hybridized carbons (Fsp3) is 0.381. The SMILES string of the molecule is O=C(COc1ccc(Cl)cc1)N(c1ccccc1Cl)[C@@H]1CN2CCC1CC2. The highest BCUT2D eigenvalue weighted by atomic mass is 35.5. The first-order chi connectivity index (χ1) is 13.1. The van der Waals surface area contributed by atoms with Crippen molar-refractivity contribution in [2.45, 2.75) is 18.9 Å². The maximum Gasteiger partial charge on any atom is 0.265 e. The van der Waals surface area contributed by atoms with Gasteiger partial charge in [0.05, 0.1) is 16.8 Å². The molecule has 2 aromatic rings. The van der Waals surface area contributed by atoms with Gasteiger partial charge in [-0.1, -0.05) is 35.3 Å². The fourth-order valence-electron chi connectivity index (χ4n) is 4.12. The Bertz CT molecular complexity index is 804. The number of halogens is 2. The van der Waals surface area contributed by atoms with E-state index in [4.69, 9.17) is 27.9 Å². The number of amides is 1. The Balaban J connectivity index is 1.56. The lowest BCUT2D eigenvalue weighted by atomic mass is 9.83. The van der Waals surface area contributed by atoms with Crippen LogP contribution in [0.4, 0.5) is 5.69 Å². The van der Waals surface area contributed by atoms with E-state index >= 15 is 0 Å². The van der Waals surface area contributed by atoms with Gasteiger partial charge in [-0.25, -0.2) is 0 Å². The van der Waals surface area contributed by atoms with Crippen molar-refractivity contribution in [3.8, 4) is 5.75 Å². The predicted octanol–water partition coefficient (Wildman–Crippen LogP) is 4.50. The molecule has 4 nitrogen and oxygen atoms in total. The molecule has 2 aromatic carbocycles. The summed E-state index contributed by atoms with van der Waals surface area (Å²) in [4.78, 5) is 17.5. The highest BCUT2D eigenvalue weighted by molar-refractivity contribution is 6.33. The lowest BCUT2D eigenvalue weighted by Crippen LogP contribution is -2.59. The zero-order valence-corrected chi connectivity index (χ0v) is 16.5. The van der Waals surface area contributed by atoms with Gasteiger partial charge in [-0.05, 0) is 68.2 Å². The summed E-state index contributed by atoms with van der Waals surface area (Å²) in [5, 5.41) is 1.23. The van der Waals surface area contributed by atoms with Crippen LogP contribution in [0.2, 0.25) is 10.0 Å². The van der Waals surface area contributed by atoms with E-state index < -0.39 is 0 Å². The molecule has 6 heteroatoms. The topological polar surface area (TPSA) is 32.8 Å². The van der Waals surface area contributed by atoms with E-state index in [2.05, 4.69) is 4.90 Å². The molecule has 0 saturated carbocycles. The molecule has 3 aliphatic rings. The van der Waals surface area contributed by atoms with Crippen LogP contribution >= 0.6 is 23.2 Å². The van der Waals surface area contributed by atoms with Crippen molar-refractivity contribution in [1.82, 2.24) is 4.90 Å². The molecule has 27 heavy (non-hydrogen) atoms. The number of benzene rings is 2. The Hall–Kier alpha value is -1.75. The summed E-state index contributed by atoms with van der Waals surface area (Å²) >= 11 is 12.4. The van der Waals surface area contributed by atoms with E-state index in [1.165, 1.54) is 0 Å². The van der Waals surface area contributed by atoms with E-state index in [1.807, 2.05) is 29.2 Å². The zero-order chi connectivity index (χ0) is 18.8. The minimum atomic E-state index is -0.0724. The Morgan fingerprint density at radius 2 is 1.78 bits per heavy atom. The molecule has 0 unspecified atom stereocenters.